The lowest BCUT2D eigenvalue weighted by Crippen LogP contribution is -2.38. The first-order chi connectivity index (χ1) is 35.4. The molecule has 1 aliphatic rings. The summed E-state index contributed by atoms with van der Waals surface area (Å²) in [6.07, 6.45) is 38.6. The molecule has 1 aliphatic heterocycles. The van der Waals surface area contributed by atoms with Crippen LogP contribution in [0.4, 0.5) is 0 Å². The van der Waals surface area contributed by atoms with Gasteiger partial charge in [0.2, 0.25) is 0 Å². The van der Waals surface area contributed by atoms with E-state index in [0.29, 0.717) is 58.8 Å². The molecule has 0 aromatic rings. The highest BCUT2D eigenvalue weighted by atomic mass is 16.6. The number of aliphatic hydroxyl groups excluding tert-OH is 2. The van der Waals surface area contributed by atoms with Gasteiger partial charge in [-0.2, -0.15) is 0 Å². The number of ether oxygens (including phenoxy) is 4. The average Bonchev–Trinajstić information content (AvgIpc) is 3.77. The molecule has 0 radical (unpaired) electrons. The minimum absolute atomic E-state index is 0.0441. The molecule has 0 amide bonds. The highest BCUT2D eigenvalue weighted by Crippen LogP contribution is 2.28. The van der Waals surface area contributed by atoms with E-state index < -0.39 is 17.6 Å². The Morgan fingerprint density at radius 3 is 1.64 bits per heavy atom. The van der Waals surface area contributed by atoms with Crippen molar-refractivity contribution >= 4 is 23.9 Å². The number of likely N-dealkylation sites (tertiary alicyclic amines) is 1. The predicted molar refractivity (Wildman–Crippen MR) is 298 cm³/mol. The van der Waals surface area contributed by atoms with Crippen LogP contribution in [-0.4, -0.2) is 121 Å². The van der Waals surface area contributed by atoms with E-state index in [1.54, 1.807) is 0 Å². The molecule has 73 heavy (non-hydrogen) atoms. The summed E-state index contributed by atoms with van der Waals surface area (Å²) < 4.78 is 23.6. The lowest BCUT2D eigenvalue weighted by atomic mass is 9.87. The van der Waals surface area contributed by atoms with Crippen LogP contribution in [0.1, 0.15) is 279 Å². The van der Waals surface area contributed by atoms with Gasteiger partial charge in [-0.15, -0.1) is 0 Å². The van der Waals surface area contributed by atoms with Crippen molar-refractivity contribution in [3.8, 4) is 0 Å². The quantitative estimate of drug-likeness (QED) is 0.0339. The Hall–Kier alpha value is -2.28. The number of rotatable bonds is 52. The van der Waals surface area contributed by atoms with E-state index in [4.69, 9.17) is 18.9 Å². The zero-order chi connectivity index (χ0) is 53.6. The number of esters is 4. The van der Waals surface area contributed by atoms with Gasteiger partial charge < -0.3 is 29.2 Å². The molecule has 0 spiro atoms. The molecule has 2 atom stereocenters. The van der Waals surface area contributed by atoms with Gasteiger partial charge in [-0.1, -0.05) is 182 Å². The highest BCUT2D eigenvalue weighted by molar-refractivity contribution is 5.77. The smallest absolute Gasteiger partial charge is 0.323 e. The van der Waals surface area contributed by atoms with Crippen LogP contribution >= 0.6 is 0 Å². The highest BCUT2D eigenvalue weighted by Gasteiger charge is 2.39. The van der Waals surface area contributed by atoms with Crippen molar-refractivity contribution in [2.75, 3.05) is 59.2 Å². The molecule has 2 N–H and O–H groups in total. The van der Waals surface area contributed by atoms with Crippen LogP contribution in [0.15, 0.2) is 0 Å². The molecule has 1 heterocycles. The number of unbranched alkanes of at least 4 members (excludes halogenated alkanes) is 21. The van der Waals surface area contributed by atoms with Crippen molar-refractivity contribution in [1.29, 1.82) is 0 Å². The van der Waals surface area contributed by atoms with Crippen LogP contribution in [0.2, 0.25) is 0 Å². The lowest BCUT2D eigenvalue weighted by molar-refractivity contribution is -0.154. The third-order valence-electron chi connectivity index (χ3n) is 15.2. The first-order valence-electron chi connectivity index (χ1n) is 30.8. The fraction of sp³-hybridized carbons (Fsp3) is 0.934. The van der Waals surface area contributed by atoms with Gasteiger partial charge in [0.1, 0.15) is 18.2 Å². The molecule has 1 saturated heterocycles. The maximum Gasteiger partial charge on any atom is 0.323 e. The third kappa shape index (κ3) is 37.2. The molecule has 0 aliphatic carbocycles. The minimum atomic E-state index is -0.535. The summed E-state index contributed by atoms with van der Waals surface area (Å²) in [5.41, 5.74) is -0.535. The van der Waals surface area contributed by atoms with E-state index in [2.05, 4.69) is 32.6 Å². The standard InChI is InChI=1S/C61H116N2O10/c1-7-11-15-17-20-28-38-54(39-29-21-18-16-12-8-2)72-57(66)40-30-22-19-25-33-49-70-59(68)56-51-55(73-58(67)41-44-62(45-47-64)46-48-65)52-63(56)43-32-24-23-31-42-61(5,6)60(69)71-50-34-37-53(35-26-13-9-3)36-27-14-10-4/h53-56,64-65H,7-52H2,1-6H3/t55-,56-/m0/s1. The fourth-order valence-electron chi connectivity index (χ4n) is 10.4. The lowest BCUT2D eigenvalue weighted by Gasteiger charge is -2.24. The van der Waals surface area contributed by atoms with Gasteiger partial charge in [-0.25, -0.2) is 0 Å². The van der Waals surface area contributed by atoms with Gasteiger partial charge in [-0.05, 0) is 90.5 Å². The van der Waals surface area contributed by atoms with Crippen molar-refractivity contribution in [1.82, 2.24) is 9.80 Å². The zero-order valence-electron chi connectivity index (χ0n) is 48.4. The van der Waals surface area contributed by atoms with Gasteiger partial charge in [0.05, 0.1) is 38.3 Å². The van der Waals surface area contributed by atoms with Crippen LogP contribution < -0.4 is 0 Å². The summed E-state index contributed by atoms with van der Waals surface area (Å²) in [4.78, 5) is 56.5. The molecule has 12 heteroatoms. The van der Waals surface area contributed by atoms with Crippen molar-refractivity contribution in [2.24, 2.45) is 11.3 Å². The normalized spacial score (nSPS) is 15.2. The molecular formula is C61H116N2O10. The number of carbonyl (C=O) groups excluding carboxylic acids is 4. The number of hydrogen-bond donors (Lipinski definition) is 2. The van der Waals surface area contributed by atoms with E-state index in [1.807, 2.05) is 18.7 Å². The fourth-order valence-corrected chi connectivity index (χ4v) is 10.4. The van der Waals surface area contributed by atoms with Crippen molar-refractivity contribution in [2.45, 2.75) is 297 Å². The van der Waals surface area contributed by atoms with E-state index in [0.717, 1.165) is 109 Å². The monoisotopic (exact) mass is 1040 g/mol. The molecule has 1 rings (SSSR count). The molecule has 0 aromatic heterocycles. The minimum Gasteiger partial charge on any atom is -0.465 e. The SMILES string of the molecule is CCCCCCCCC(CCCCCCCC)OC(=O)CCCCCCCOC(=O)[C@@H]1C[C@H](OC(=O)CCN(CCO)CCO)CN1CCCCCCC(C)(C)C(=O)OCCCC(CCCCC)CCCCC. The maximum absolute atomic E-state index is 13.6. The second-order valence-corrected chi connectivity index (χ2v) is 22.5. The Balaban J connectivity index is 2.59. The molecule has 1 fully saturated rings. The summed E-state index contributed by atoms with van der Waals surface area (Å²) >= 11 is 0. The summed E-state index contributed by atoms with van der Waals surface area (Å²) in [6, 6.07) is -0.494. The van der Waals surface area contributed by atoms with Crippen molar-refractivity contribution in [3.63, 3.8) is 0 Å². The maximum atomic E-state index is 13.6. The number of carbonyl (C=O) groups is 4. The molecule has 0 aromatic carbocycles. The van der Waals surface area contributed by atoms with E-state index in [-0.39, 0.29) is 49.6 Å². The predicted octanol–water partition coefficient (Wildman–Crippen LogP) is 14.0. The van der Waals surface area contributed by atoms with Gasteiger partial charge in [0.15, 0.2) is 0 Å². The number of aliphatic hydroxyl groups is 2. The largest absolute Gasteiger partial charge is 0.465 e. The van der Waals surface area contributed by atoms with Gasteiger partial charge in [-0.3, -0.25) is 29.0 Å². The molecular weight excluding hydrogens is 921 g/mol. The van der Waals surface area contributed by atoms with E-state index in [1.165, 1.54) is 116 Å². The molecule has 0 bridgehead atoms. The van der Waals surface area contributed by atoms with E-state index >= 15 is 0 Å². The first-order valence-corrected chi connectivity index (χ1v) is 30.8. The van der Waals surface area contributed by atoms with Crippen LogP contribution in [0.5, 0.6) is 0 Å². The molecule has 0 unspecified atom stereocenters. The van der Waals surface area contributed by atoms with Crippen molar-refractivity contribution < 1.29 is 48.3 Å². The first kappa shape index (κ1) is 68.7. The topological polar surface area (TPSA) is 152 Å². The van der Waals surface area contributed by atoms with Crippen LogP contribution in [0, 0.1) is 11.3 Å². The van der Waals surface area contributed by atoms with Gasteiger partial charge in [0, 0.05) is 39.0 Å². The molecule has 430 valence electrons. The van der Waals surface area contributed by atoms with E-state index in [9.17, 15) is 29.4 Å². The Bertz CT molecular complexity index is 1300. The Morgan fingerprint density at radius 1 is 0.548 bits per heavy atom. The average molecular weight is 1040 g/mol. The third-order valence-corrected chi connectivity index (χ3v) is 15.2. The molecule has 12 nitrogen and oxygen atoms in total. The van der Waals surface area contributed by atoms with Gasteiger partial charge >= 0.3 is 23.9 Å². The summed E-state index contributed by atoms with van der Waals surface area (Å²) in [6.45, 7) is 16.0. The summed E-state index contributed by atoms with van der Waals surface area (Å²) in [7, 11) is 0. The second-order valence-electron chi connectivity index (χ2n) is 22.5. The summed E-state index contributed by atoms with van der Waals surface area (Å²) in [5, 5.41) is 18.7. The van der Waals surface area contributed by atoms with Crippen LogP contribution in [0.25, 0.3) is 0 Å². The Kier molecular flexibility index (Phi) is 44.2. The number of nitrogens with zero attached hydrogens (tertiary/aromatic N) is 2. The zero-order valence-corrected chi connectivity index (χ0v) is 48.4. The van der Waals surface area contributed by atoms with Crippen molar-refractivity contribution in [3.05, 3.63) is 0 Å². The van der Waals surface area contributed by atoms with Crippen LogP contribution in [-0.2, 0) is 38.1 Å². The Labute approximate surface area is 448 Å². The van der Waals surface area contributed by atoms with Gasteiger partial charge in [0.25, 0.3) is 0 Å². The second kappa shape index (κ2) is 47.0. The Morgan fingerprint density at radius 2 is 1.04 bits per heavy atom. The van der Waals surface area contributed by atoms with Crippen LogP contribution in [0.3, 0.4) is 0 Å². The molecule has 0 saturated carbocycles. The summed E-state index contributed by atoms with van der Waals surface area (Å²) in [5.74, 6) is -0.0680. The number of hydrogen-bond acceptors (Lipinski definition) is 12.